The quantitative estimate of drug-likeness (QED) is 0.841. The molecule has 1 atom stereocenters. The van der Waals surface area contributed by atoms with Gasteiger partial charge in [-0.1, -0.05) is 30.3 Å². The molecular formula is C13H17NO2. The van der Waals surface area contributed by atoms with Gasteiger partial charge in [0.05, 0.1) is 0 Å². The van der Waals surface area contributed by atoms with Crippen LogP contribution >= 0.6 is 0 Å². The molecule has 0 saturated carbocycles. The summed E-state index contributed by atoms with van der Waals surface area (Å²) in [6.07, 6.45) is 1.32. The second-order valence-corrected chi connectivity index (χ2v) is 4.47. The number of carbonyl (C=O) groups is 1. The van der Waals surface area contributed by atoms with Gasteiger partial charge in [-0.3, -0.25) is 9.69 Å². The van der Waals surface area contributed by atoms with Crippen LogP contribution in [0.5, 0.6) is 0 Å². The van der Waals surface area contributed by atoms with Crippen molar-refractivity contribution in [1.82, 2.24) is 4.90 Å². The molecule has 1 aromatic rings. The Hall–Kier alpha value is -1.35. The number of benzene rings is 1. The van der Waals surface area contributed by atoms with Crippen molar-refractivity contribution in [3.05, 3.63) is 35.9 Å². The summed E-state index contributed by atoms with van der Waals surface area (Å²) in [6.45, 7) is 2.88. The maximum absolute atomic E-state index is 10.6. The molecule has 2 rings (SSSR count). The third kappa shape index (κ3) is 3.07. The van der Waals surface area contributed by atoms with Crippen LogP contribution < -0.4 is 0 Å². The molecule has 1 aliphatic heterocycles. The van der Waals surface area contributed by atoms with E-state index >= 15 is 0 Å². The fraction of sp³-hybridized carbons (Fsp3) is 0.462. The molecular weight excluding hydrogens is 202 g/mol. The van der Waals surface area contributed by atoms with E-state index in [1.807, 2.05) is 18.2 Å². The molecule has 0 amide bonds. The van der Waals surface area contributed by atoms with Crippen molar-refractivity contribution in [2.45, 2.75) is 19.4 Å². The second-order valence-electron chi connectivity index (χ2n) is 4.47. The first-order chi connectivity index (χ1) is 7.74. The van der Waals surface area contributed by atoms with Crippen molar-refractivity contribution in [2.75, 3.05) is 13.1 Å². The highest BCUT2D eigenvalue weighted by molar-refractivity contribution is 5.67. The first-order valence-corrected chi connectivity index (χ1v) is 5.72. The minimum atomic E-state index is -0.674. The lowest BCUT2D eigenvalue weighted by Crippen LogP contribution is -2.20. The Balaban J connectivity index is 1.83. The van der Waals surface area contributed by atoms with E-state index in [0.717, 1.165) is 26.1 Å². The van der Waals surface area contributed by atoms with E-state index in [0.29, 0.717) is 12.3 Å². The van der Waals surface area contributed by atoms with Crippen molar-refractivity contribution >= 4 is 5.97 Å². The summed E-state index contributed by atoms with van der Waals surface area (Å²) >= 11 is 0. The van der Waals surface area contributed by atoms with Crippen molar-refractivity contribution in [3.8, 4) is 0 Å². The molecule has 3 nitrogen and oxygen atoms in total. The Kier molecular flexibility index (Phi) is 3.57. The smallest absolute Gasteiger partial charge is 0.303 e. The number of carboxylic acids is 1. The van der Waals surface area contributed by atoms with E-state index in [1.165, 1.54) is 5.56 Å². The fourth-order valence-electron chi connectivity index (χ4n) is 2.31. The van der Waals surface area contributed by atoms with Gasteiger partial charge >= 0.3 is 5.97 Å². The van der Waals surface area contributed by atoms with Gasteiger partial charge in [0.25, 0.3) is 0 Å². The van der Waals surface area contributed by atoms with E-state index in [2.05, 4.69) is 17.0 Å². The maximum atomic E-state index is 10.6. The van der Waals surface area contributed by atoms with Crippen LogP contribution in [0.25, 0.3) is 0 Å². The van der Waals surface area contributed by atoms with Crippen molar-refractivity contribution in [3.63, 3.8) is 0 Å². The number of nitrogens with zero attached hydrogens (tertiary/aromatic N) is 1. The largest absolute Gasteiger partial charge is 0.481 e. The van der Waals surface area contributed by atoms with Crippen LogP contribution in [0, 0.1) is 5.92 Å². The monoisotopic (exact) mass is 219 g/mol. The SMILES string of the molecule is O=C(O)CC1CCN(Cc2ccccc2)C1. The van der Waals surface area contributed by atoms with Gasteiger partial charge in [0.1, 0.15) is 0 Å². The number of aliphatic carboxylic acids is 1. The lowest BCUT2D eigenvalue weighted by molar-refractivity contribution is -0.138. The van der Waals surface area contributed by atoms with E-state index < -0.39 is 5.97 Å². The Bertz CT molecular complexity index is 350. The summed E-state index contributed by atoms with van der Waals surface area (Å²) in [7, 11) is 0. The lowest BCUT2D eigenvalue weighted by atomic mass is 10.1. The zero-order chi connectivity index (χ0) is 11.4. The number of likely N-dealkylation sites (tertiary alicyclic amines) is 1. The number of rotatable bonds is 4. The van der Waals surface area contributed by atoms with Gasteiger partial charge in [0.2, 0.25) is 0 Å². The predicted octanol–water partition coefficient (Wildman–Crippen LogP) is 1.98. The van der Waals surface area contributed by atoms with E-state index in [9.17, 15) is 4.79 Å². The molecule has 16 heavy (non-hydrogen) atoms. The molecule has 1 N–H and O–H groups in total. The molecule has 1 aliphatic rings. The van der Waals surface area contributed by atoms with Crippen molar-refractivity contribution in [1.29, 1.82) is 0 Å². The summed E-state index contributed by atoms with van der Waals surface area (Å²) in [4.78, 5) is 12.9. The highest BCUT2D eigenvalue weighted by Gasteiger charge is 2.24. The first kappa shape index (κ1) is 11.1. The zero-order valence-electron chi connectivity index (χ0n) is 9.30. The highest BCUT2D eigenvalue weighted by Crippen LogP contribution is 2.21. The highest BCUT2D eigenvalue weighted by atomic mass is 16.4. The van der Waals surface area contributed by atoms with Crippen molar-refractivity contribution in [2.24, 2.45) is 5.92 Å². The summed E-state index contributed by atoms with van der Waals surface area (Å²) in [5, 5.41) is 8.73. The Morgan fingerprint density at radius 2 is 2.12 bits per heavy atom. The van der Waals surface area contributed by atoms with Gasteiger partial charge in [-0.25, -0.2) is 0 Å². The Labute approximate surface area is 95.7 Å². The summed E-state index contributed by atoms with van der Waals surface area (Å²) in [5.74, 6) is -0.340. The van der Waals surface area contributed by atoms with Crippen LogP contribution in [0.3, 0.4) is 0 Å². The standard InChI is InChI=1S/C13H17NO2/c15-13(16)8-12-6-7-14(10-12)9-11-4-2-1-3-5-11/h1-5,12H,6-10H2,(H,15,16). The second kappa shape index (κ2) is 5.12. The van der Waals surface area contributed by atoms with Crippen molar-refractivity contribution < 1.29 is 9.90 Å². The number of hydrogen-bond donors (Lipinski definition) is 1. The van der Waals surface area contributed by atoms with E-state index in [4.69, 9.17) is 5.11 Å². The molecule has 0 radical (unpaired) electrons. The van der Waals surface area contributed by atoms with Gasteiger partial charge < -0.3 is 5.11 Å². The maximum Gasteiger partial charge on any atom is 0.303 e. The molecule has 0 spiro atoms. The minimum Gasteiger partial charge on any atom is -0.481 e. The minimum absolute atomic E-state index is 0.311. The lowest BCUT2D eigenvalue weighted by Gasteiger charge is -2.15. The topological polar surface area (TPSA) is 40.5 Å². The molecule has 0 aliphatic carbocycles. The van der Waals surface area contributed by atoms with Crippen LogP contribution in [0.2, 0.25) is 0 Å². The fourth-order valence-corrected chi connectivity index (χ4v) is 2.31. The average molecular weight is 219 g/mol. The Morgan fingerprint density at radius 3 is 2.81 bits per heavy atom. The molecule has 3 heteroatoms. The number of hydrogen-bond acceptors (Lipinski definition) is 2. The van der Waals surface area contributed by atoms with Gasteiger partial charge in [0.15, 0.2) is 0 Å². The van der Waals surface area contributed by atoms with Gasteiger partial charge in [-0.05, 0) is 24.4 Å². The Morgan fingerprint density at radius 1 is 1.38 bits per heavy atom. The first-order valence-electron chi connectivity index (χ1n) is 5.72. The van der Waals surface area contributed by atoms with Gasteiger partial charge in [-0.15, -0.1) is 0 Å². The summed E-state index contributed by atoms with van der Waals surface area (Å²) in [6, 6.07) is 10.3. The van der Waals surface area contributed by atoms with Crippen LogP contribution in [-0.4, -0.2) is 29.1 Å². The normalized spacial score (nSPS) is 21.1. The number of carboxylic acid groups (broad SMARTS) is 1. The average Bonchev–Trinajstić information content (AvgIpc) is 2.66. The third-order valence-electron chi connectivity index (χ3n) is 3.08. The van der Waals surface area contributed by atoms with Crippen LogP contribution in [-0.2, 0) is 11.3 Å². The molecule has 1 heterocycles. The summed E-state index contributed by atoms with van der Waals surface area (Å²) in [5.41, 5.74) is 1.30. The molecule has 86 valence electrons. The molecule has 1 fully saturated rings. The van der Waals surface area contributed by atoms with E-state index in [-0.39, 0.29) is 0 Å². The third-order valence-corrected chi connectivity index (χ3v) is 3.08. The van der Waals surface area contributed by atoms with Gasteiger partial charge in [0, 0.05) is 19.5 Å². The zero-order valence-corrected chi connectivity index (χ0v) is 9.30. The van der Waals surface area contributed by atoms with E-state index in [1.54, 1.807) is 0 Å². The predicted molar refractivity (Wildman–Crippen MR) is 62.1 cm³/mol. The molecule has 1 saturated heterocycles. The van der Waals surface area contributed by atoms with Crippen LogP contribution in [0.1, 0.15) is 18.4 Å². The molecule has 1 aromatic carbocycles. The van der Waals surface area contributed by atoms with Crippen LogP contribution in [0.15, 0.2) is 30.3 Å². The van der Waals surface area contributed by atoms with Crippen LogP contribution in [0.4, 0.5) is 0 Å². The molecule has 0 bridgehead atoms. The molecule has 0 aromatic heterocycles. The molecule has 1 unspecified atom stereocenters. The summed E-state index contributed by atoms with van der Waals surface area (Å²) < 4.78 is 0. The van der Waals surface area contributed by atoms with Gasteiger partial charge in [-0.2, -0.15) is 0 Å².